The van der Waals surface area contributed by atoms with E-state index in [1.807, 2.05) is 69.3 Å². The van der Waals surface area contributed by atoms with Crippen molar-refractivity contribution in [3.63, 3.8) is 0 Å². The first-order valence-electron chi connectivity index (χ1n) is 9.20. The molecular formula is C22H26N4O. The smallest absolute Gasteiger partial charge is 0.136 e. The number of aromatic nitrogens is 2. The highest BCUT2D eigenvalue weighted by atomic mass is 16.5. The Morgan fingerprint density at radius 3 is 2.19 bits per heavy atom. The van der Waals surface area contributed by atoms with Crippen LogP contribution < -0.4 is 15.4 Å². The fourth-order valence-corrected chi connectivity index (χ4v) is 2.79. The number of anilines is 3. The van der Waals surface area contributed by atoms with Crippen molar-refractivity contribution in [3.8, 4) is 5.75 Å². The van der Waals surface area contributed by atoms with Crippen molar-refractivity contribution in [3.05, 3.63) is 72.1 Å². The van der Waals surface area contributed by atoms with Crippen LogP contribution in [0.2, 0.25) is 0 Å². The maximum Gasteiger partial charge on any atom is 0.136 e. The fourth-order valence-electron chi connectivity index (χ4n) is 2.79. The van der Waals surface area contributed by atoms with Gasteiger partial charge >= 0.3 is 0 Å². The van der Waals surface area contributed by atoms with Crippen LogP contribution in [0.15, 0.2) is 60.7 Å². The maximum atomic E-state index is 5.68. The minimum Gasteiger partial charge on any atom is -0.491 e. The number of nitrogens with one attached hydrogen (secondary N) is 2. The van der Waals surface area contributed by atoms with Gasteiger partial charge in [0.2, 0.25) is 0 Å². The van der Waals surface area contributed by atoms with Crippen LogP contribution in [-0.2, 0) is 0 Å². The molecule has 0 bridgehead atoms. The summed E-state index contributed by atoms with van der Waals surface area (Å²) >= 11 is 0. The molecule has 1 aromatic heterocycles. The lowest BCUT2D eigenvalue weighted by Crippen LogP contribution is -2.09. The Balaban J connectivity index is 1.71. The first-order chi connectivity index (χ1) is 13.0. The molecule has 0 aliphatic rings. The van der Waals surface area contributed by atoms with E-state index in [0.29, 0.717) is 5.82 Å². The molecule has 0 fully saturated rings. The third kappa shape index (κ3) is 5.45. The van der Waals surface area contributed by atoms with E-state index in [1.165, 1.54) is 5.56 Å². The second kappa shape index (κ2) is 8.54. The maximum absolute atomic E-state index is 5.68. The summed E-state index contributed by atoms with van der Waals surface area (Å²) in [5.41, 5.74) is 2.16. The van der Waals surface area contributed by atoms with Crippen molar-refractivity contribution in [2.75, 3.05) is 10.6 Å². The van der Waals surface area contributed by atoms with Crippen molar-refractivity contribution >= 4 is 17.3 Å². The largest absolute Gasteiger partial charge is 0.491 e. The molecule has 5 nitrogen and oxygen atoms in total. The first kappa shape index (κ1) is 18.7. The van der Waals surface area contributed by atoms with Gasteiger partial charge in [-0.15, -0.1) is 0 Å². The van der Waals surface area contributed by atoms with E-state index in [0.717, 1.165) is 23.1 Å². The zero-order valence-electron chi connectivity index (χ0n) is 16.2. The molecular weight excluding hydrogens is 336 g/mol. The molecule has 3 aromatic rings. The molecule has 2 N–H and O–H groups in total. The molecule has 3 rings (SSSR count). The quantitative estimate of drug-likeness (QED) is 0.582. The van der Waals surface area contributed by atoms with E-state index in [2.05, 4.69) is 39.7 Å². The second-order valence-electron chi connectivity index (χ2n) is 6.78. The highest BCUT2D eigenvalue weighted by molar-refractivity contribution is 5.60. The molecule has 0 saturated heterocycles. The normalized spacial score (nSPS) is 11.9. The number of nitrogens with zero attached hydrogens (tertiary/aromatic N) is 2. The molecule has 140 valence electrons. The topological polar surface area (TPSA) is 59.1 Å². The number of rotatable bonds is 7. The second-order valence-corrected chi connectivity index (χ2v) is 6.78. The van der Waals surface area contributed by atoms with E-state index >= 15 is 0 Å². The molecule has 0 spiro atoms. The van der Waals surface area contributed by atoms with Gasteiger partial charge in [-0.2, -0.15) is 0 Å². The highest BCUT2D eigenvalue weighted by Crippen LogP contribution is 2.23. The van der Waals surface area contributed by atoms with Crippen LogP contribution in [0.3, 0.4) is 0 Å². The van der Waals surface area contributed by atoms with Crippen molar-refractivity contribution < 1.29 is 4.74 Å². The monoisotopic (exact) mass is 362 g/mol. The van der Waals surface area contributed by atoms with E-state index in [4.69, 9.17) is 4.74 Å². The molecule has 2 aromatic carbocycles. The van der Waals surface area contributed by atoms with Crippen LogP contribution in [-0.4, -0.2) is 16.1 Å². The van der Waals surface area contributed by atoms with Crippen LogP contribution in [0.5, 0.6) is 5.75 Å². The Bertz CT molecular complexity index is 863. The molecule has 0 amide bonds. The van der Waals surface area contributed by atoms with Gasteiger partial charge < -0.3 is 15.4 Å². The van der Waals surface area contributed by atoms with Crippen molar-refractivity contribution in [2.45, 2.75) is 39.8 Å². The molecule has 27 heavy (non-hydrogen) atoms. The van der Waals surface area contributed by atoms with Crippen molar-refractivity contribution in [1.29, 1.82) is 0 Å². The molecule has 0 radical (unpaired) electrons. The van der Waals surface area contributed by atoms with Gasteiger partial charge in [-0.25, -0.2) is 9.97 Å². The third-order valence-electron chi connectivity index (χ3n) is 4.00. The number of ether oxygens (including phenoxy) is 1. The number of benzene rings is 2. The van der Waals surface area contributed by atoms with Crippen LogP contribution in [0.25, 0.3) is 0 Å². The van der Waals surface area contributed by atoms with Crippen LogP contribution >= 0.6 is 0 Å². The van der Waals surface area contributed by atoms with Crippen LogP contribution in [0, 0.1) is 6.92 Å². The van der Waals surface area contributed by atoms with Gasteiger partial charge in [-0.05, 0) is 57.5 Å². The zero-order valence-corrected chi connectivity index (χ0v) is 16.2. The molecule has 0 aliphatic carbocycles. The average molecular weight is 362 g/mol. The van der Waals surface area contributed by atoms with Gasteiger partial charge in [-0.3, -0.25) is 0 Å². The molecule has 0 saturated carbocycles. The summed E-state index contributed by atoms with van der Waals surface area (Å²) in [6.45, 7) is 8.04. The van der Waals surface area contributed by atoms with Crippen LogP contribution in [0.1, 0.15) is 38.2 Å². The summed E-state index contributed by atoms with van der Waals surface area (Å²) in [5.74, 6) is 3.11. The lowest BCUT2D eigenvalue weighted by molar-refractivity contribution is 0.242. The first-order valence-corrected chi connectivity index (χ1v) is 9.20. The fraction of sp³-hybridized carbons (Fsp3) is 0.273. The van der Waals surface area contributed by atoms with Crippen molar-refractivity contribution in [1.82, 2.24) is 9.97 Å². The lowest BCUT2D eigenvalue weighted by Gasteiger charge is -2.16. The van der Waals surface area contributed by atoms with Gasteiger partial charge in [0.1, 0.15) is 23.2 Å². The average Bonchev–Trinajstić information content (AvgIpc) is 2.63. The number of hydrogen-bond acceptors (Lipinski definition) is 5. The predicted octanol–water partition coefficient (Wildman–Crippen LogP) is 5.49. The van der Waals surface area contributed by atoms with Crippen LogP contribution in [0.4, 0.5) is 17.3 Å². The van der Waals surface area contributed by atoms with E-state index in [-0.39, 0.29) is 12.1 Å². The minimum absolute atomic E-state index is 0.154. The molecule has 1 heterocycles. The predicted molar refractivity (Wildman–Crippen MR) is 111 cm³/mol. The Morgan fingerprint density at radius 2 is 1.52 bits per heavy atom. The minimum atomic E-state index is 0.154. The summed E-state index contributed by atoms with van der Waals surface area (Å²) < 4.78 is 5.68. The zero-order chi connectivity index (χ0) is 19.2. The summed E-state index contributed by atoms with van der Waals surface area (Å²) in [6, 6.07) is 20.2. The van der Waals surface area contributed by atoms with Gasteiger partial charge in [0.05, 0.1) is 6.10 Å². The summed E-state index contributed by atoms with van der Waals surface area (Å²) in [5, 5.41) is 6.78. The molecule has 0 aliphatic heterocycles. The van der Waals surface area contributed by atoms with Gasteiger partial charge in [0, 0.05) is 17.8 Å². The summed E-state index contributed by atoms with van der Waals surface area (Å²) in [4.78, 5) is 8.99. The third-order valence-corrected chi connectivity index (χ3v) is 4.00. The Morgan fingerprint density at radius 1 is 0.852 bits per heavy atom. The van der Waals surface area contributed by atoms with E-state index < -0.39 is 0 Å². The van der Waals surface area contributed by atoms with Gasteiger partial charge in [0.25, 0.3) is 0 Å². The van der Waals surface area contributed by atoms with Gasteiger partial charge in [0.15, 0.2) is 0 Å². The Labute approximate surface area is 160 Å². The van der Waals surface area contributed by atoms with E-state index in [9.17, 15) is 0 Å². The Hall–Kier alpha value is -3.08. The summed E-state index contributed by atoms with van der Waals surface area (Å²) in [7, 11) is 0. The number of aryl methyl sites for hydroxylation is 1. The molecule has 5 heteroatoms. The standard InChI is InChI=1S/C22H26N4O/c1-15(2)27-20-12-10-19(11-13-20)26-22-14-21(24-17(4)25-22)23-16(3)18-8-6-5-7-9-18/h5-16H,1-4H3,(H2,23,24,25,26). The molecule has 1 unspecified atom stereocenters. The lowest BCUT2D eigenvalue weighted by atomic mass is 10.1. The van der Waals surface area contributed by atoms with Gasteiger partial charge in [-0.1, -0.05) is 30.3 Å². The van der Waals surface area contributed by atoms with E-state index in [1.54, 1.807) is 0 Å². The highest BCUT2D eigenvalue weighted by Gasteiger charge is 2.08. The van der Waals surface area contributed by atoms with Crippen molar-refractivity contribution in [2.24, 2.45) is 0 Å². The summed E-state index contributed by atoms with van der Waals surface area (Å²) in [6.07, 6.45) is 0.161. The Kier molecular flexibility index (Phi) is 5.91. The number of hydrogen-bond donors (Lipinski definition) is 2. The molecule has 1 atom stereocenters. The SMILES string of the molecule is Cc1nc(Nc2ccc(OC(C)C)cc2)cc(NC(C)c2ccccc2)n1.